The molecule has 1 aromatic carbocycles. The number of benzene rings is 1. The van der Waals surface area contributed by atoms with Crippen LogP contribution in [-0.2, 0) is 6.61 Å². The zero-order valence-electron chi connectivity index (χ0n) is 22.1. The number of piperazine rings is 1. The van der Waals surface area contributed by atoms with Gasteiger partial charge in [-0.3, -0.25) is 4.98 Å². The van der Waals surface area contributed by atoms with Crippen molar-refractivity contribution in [3.8, 4) is 16.9 Å². The van der Waals surface area contributed by atoms with Crippen molar-refractivity contribution in [3.63, 3.8) is 0 Å². The molecule has 0 amide bonds. The van der Waals surface area contributed by atoms with Crippen LogP contribution in [-0.4, -0.2) is 64.3 Å². The van der Waals surface area contributed by atoms with Gasteiger partial charge in [0.15, 0.2) is 0 Å². The molecule has 3 aromatic heterocycles. The number of thiophene rings is 1. The van der Waals surface area contributed by atoms with Gasteiger partial charge < -0.3 is 25.0 Å². The van der Waals surface area contributed by atoms with E-state index in [4.69, 9.17) is 9.72 Å². The number of hydrogen-bond acceptors (Lipinski definition) is 9. The molecular formula is C28H34N6O2S. The van der Waals surface area contributed by atoms with E-state index in [-0.39, 0.29) is 12.7 Å². The second-order valence-electron chi connectivity index (χ2n) is 9.87. The van der Waals surface area contributed by atoms with Crippen LogP contribution < -0.4 is 15.0 Å². The number of fused-ring (bicyclic) bond motifs is 1. The van der Waals surface area contributed by atoms with Gasteiger partial charge in [0.05, 0.1) is 34.8 Å². The van der Waals surface area contributed by atoms with E-state index in [1.54, 1.807) is 0 Å². The number of aliphatic hydroxyl groups excluding tert-OH is 1. The number of rotatable bonds is 7. The molecule has 9 heteroatoms. The Bertz CT molecular complexity index is 1390. The van der Waals surface area contributed by atoms with Crippen LogP contribution in [0.3, 0.4) is 0 Å². The molecule has 1 aliphatic rings. The standard InChI is InChI=1S/C28H34N6O2S/c1-17(2)36-23-13-22(34-10-8-33(5)9-11-34)18(3)12-21(23)31-28-30-15-24-27(32-28)26(25(16-35)37-24)20-7-6-19(4)29-14-20/h6-7,12-15,17,35H,8-11,16H2,1-5H3,(H,30,31,32). The molecule has 1 saturated heterocycles. The van der Waals surface area contributed by atoms with E-state index in [0.717, 1.165) is 69.5 Å². The summed E-state index contributed by atoms with van der Waals surface area (Å²) in [5.74, 6) is 1.26. The van der Waals surface area contributed by atoms with Gasteiger partial charge in [-0.05, 0) is 52.4 Å². The maximum Gasteiger partial charge on any atom is 0.227 e. The summed E-state index contributed by atoms with van der Waals surface area (Å²) in [5, 5.41) is 13.5. The van der Waals surface area contributed by atoms with Crippen molar-refractivity contribution in [2.45, 2.75) is 40.4 Å². The van der Waals surface area contributed by atoms with Crippen molar-refractivity contribution in [1.29, 1.82) is 0 Å². The van der Waals surface area contributed by atoms with Crippen molar-refractivity contribution in [1.82, 2.24) is 19.9 Å². The first-order valence-corrected chi connectivity index (χ1v) is 13.5. The molecule has 4 aromatic rings. The van der Waals surface area contributed by atoms with Gasteiger partial charge in [-0.25, -0.2) is 9.97 Å². The van der Waals surface area contributed by atoms with Crippen LogP contribution in [0.2, 0.25) is 0 Å². The van der Waals surface area contributed by atoms with Gasteiger partial charge in [0.1, 0.15) is 5.75 Å². The van der Waals surface area contributed by atoms with Gasteiger partial charge in [-0.2, -0.15) is 0 Å². The first kappa shape index (κ1) is 25.4. The summed E-state index contributed by atoms with van der Waals surface area (Å²) in [6.07, 6.45) is 3.67. The number of aromatic nitrogens is 3. The highest BCUT2D eigenvalue weighted by Gasteiger charge is 2.21. The third-order valence-corrected chi connectivity index (χ3v) is 7.70. The lowest BCUT2D eigenvalue weighted by molar-refractivity contribution is 0.243. The van der Waals surface area contributed by atoms with Gasteiger partial charge in [0, 0.05) is 65.8 Å². The smallest absolute Gasteiger partial charge is 0.227 e. The van der Waals surface area contributed by atoms with Crippen LogP contribution in [0.4, 0.5) is 17.3 Å². The fourth-order valence-electron chi connectivity index (χ4n) is 4.66. The summed E-state index contributed by atoms with van der Waals surface area (Å²) in [6.45, 7) is 12.2. The van der Waals surface area contributed by atoms with Crippen LogP contribution in [0.1, 0.15) is 30.0 Å². The summed E-state index contributed by atoms with van der Waals surface area (Å²) < 4.78 is 7.17. The number of hydrogen-bond donors (Lipinski definition) is 2. The normalized spacial score (nSPS) is 14.5. The average Bonchev–Trinajstić information content (AvgIpc) is 3.24. The molecule has 2 N–H and O–H groups in total. The molecule has 0 aliphatic carbocycles. The van der Waals surface area contributed by atoms with Crippen LogP contribution in [0.15, 0.2) is 36.7 Å². The fraction of sp³-hybridized carbons (Fsp3) is 0.393. The number of anilines is 3. The molecule has 0 spiro atoms. The predicted octanol–water partition coefficient (Wildman–Crippen LogP) is 5.15. The topological polar surface area (TPSA) is 86.6 Å². The van der Waals surface area contributed by atoms with Crippen molar-refractivity contribution in [2.75, 3.05) is 43.4 Å². The summed E-state index contributed by atoms with van der Waals surface area (Å²) in [4.78, 5) is 19.6. The summed E-state index contributed by atoms with van der Waals surface area (Å²) in [5.41, 5.74) is 6.79. The van der Waals surface area contributed by atoms with Crippen molar-refractivity contribution < 1.29 is 9.84 Å². The van der Waals surface area contributed by atoms with Crippen molar-refractivity contribution >= 4 is 38.9 Å². The Morgan fingerprint density at radius 3 is 2.54 bits per heavy atom. The second-order valence-corrected chi connectivity index (χ2v) is 11.0. The monoisotopic (exact) mass is 518 g/mol. The number of nitrogens with zero attached hydrogens (tertiary/aromatic N) is 5. The number of aliphatic hydroxyl groups is 1. The van der Waals surface area contributed by atoms with Gasteiger partial charge in [-0.1, -0.05) is 6.07 Å². The summed E-state index contributed by atoms with van der Waals surface area (Å²) in [6, 6.07) is 8.25. The Morgan fingerprint density at radius 2 is 1.86 bits per heavy atom. The maximum absolute atomic E-state index is 10.0. The van der Waals surface area contributed by atoms with Gasteiger partial charge in [0.25, 0.3) is 0 Å². The Hall–Kier alpha value is -3.27. The Kier molecular flexibility index (Phi) is 7.28. The molecule has 4 heterocycles. The predicted molar refractivity (Wildman–Crippen MR) is 151 cm³/mol. The fourth-order valence-corrected chi connectivity index (χ4v) is 5.66. The average molecular weight is 519 g/mol. The molecule has 1 fully saturated rings. The SMILES string of the molecule is Cc1ccc(-c2c(CO)sc3cnc(Nc4cc(C)c(N5CCN(C)CC5)cc4OC(C)C)nc23)cn1. The highest BCUT2D eigenvalue weighted by Crippen LogP contribution is 2.39. The van der Waals surface area contributed by atoms with E-state index in [1.165, 1.54) is 22.6 Å². The molecule has 0 radical (unpaired) electrons. The minimum Gasteiger partial charge on any atom is -0.489 e. The Labute approximate surface area is 222 Å². The number of ether oxygens (including phenoxy) is 1. The van der Waals surface area contributed by atoms with E-state index in [1.807, 2.05) is 45.3 Å². The van der Waals surface area contributed by atoms with Gasteiger partial charge in [-0.15, -0.1) is 11.3 Å². The van der Waals surface area contributed by atoms with Crippen molar-refractivity contribution in [3.05, 3.63) is 52.8 Å². The van der Waals surface area contributed by atoms with Crippen LogP contribution in [0, 0.1) is 13.8 Å². The largest absolute Gasteiger partial charge is 0.489 e. The minimum atomic E-state index is -0.0632. The number of likely N-dealkylation sites (N-methyl/N-ethyl adjacent to an activating group) is 1. The third kappa shape index (κ3) is 5.39. The molecule has 8 nitrogen and oxygen atoms in total. The van der Waals surface area contributed by atoms with E-state index >= 15 is 0 Å². The molecule has 194 valence electrons. The van der Waals surface area contributed by atoms with Crippen LogP contribution in [0.5, 0.6) is 5.75 Å². The molecule has 0 atom stereocenters. The molecule has 37 heavy (non-hydrogen) atoms. The van der Waals surface area contributed by atoms with E-state index in [0.29, 0.717) is 5.95 Å². The quantitative estimate of drug-likeness (QED) is 0.348. The Morgan fingerprint density at radius 1 is 1.08 bits per heavy atom. The molecule has 0 saturated carbocycles. The van der Waals surface area contributed by atoms with Crippen molar-refractivity contribution in [2.24, 2.45) is 0 Å². The van der Waals surface area contributed by atoms with Gasteiger partial charge in [0.2, 0.25) is 5.95 Å². The van der Waals surface area contributed by atoms with Crippen LogP contribution >= 0.6 is 11.3 Å². The lowest BCUT2D eigenvalue weighted by atomic mass is 10.1. The molecular weight excluding hydrogens is 484 g/mol. The number of pyridine rings is 1. The van der Waals surface area contributed by atoms with Crippen LogP contribution in [0.25, 0.3) is 21.3 Å². The highest BCUT2D eigenvalue weighted by atomic mass is 32.1. The minimum absolute atomic E-state index is 0.0246. The molecule has 0 bridgehead atoms. The van der Waals surface area contributed by atoms with E-state index < -0.39 is 0 Å². The lowest BCUT2D eigenvalue weighted by Gasteiger charge is -2.35. The first-order chi connectivity index (χ1) is 17.8. The molecule has 1 aliphatic heterocycles. The van der Waals surface area contributed by atoms with E-state index in [9.17, 15) is 5.11 Å². The Balaban J connectivity index is 1.52. The number of nitrogens with one attached hydrogen (secondary N) is 1. The third-order valence-electron chi connectivity index (χ3n) is 6.60. The zero-order chi connectivity index (χ0) is 26.1. The maximum atomic E-state index is 10.0. The van der Waals surface area contributed by atoms with E-state index in [2.05, 4.69) is 51.2 Å². The van der Waals surface area contributed by atoms with Gasteiger partial charge >= 0.3 is 0 Å². The zero-order valence-corrected chi connectivity index (χ0v) is 22.9. The molecule has 0 unspecified atom stereocenters. The first-order valence-electron chi connectivity index (χ1n) is 12.7. The molecule has 5 rings (SSSR count). The summed E-state index contributed by atoms with van der Waals surface area (Å²) in [7, 11) is 2.17. The highest BCUT2D eigenvalue weighted by molar-refractivity contribution is 7.19. The second kappa shape index (κ2) is 10.6. The number of aryl methyl sites for hydroxylation is 2. The lowest BCUT2D eigenvalue weighted by Crippen LogP contribution is -2.44. The summed E-state index contributed by atoms with van der Waals surface area (Å²) >= 11 is 1.51.